The molecule has 2 nitrogen and oxygen atoms in total. The first kappa shape index (κ1) is 14.5. The molecule has 1 unspecified atom stereocenters. The number of nitrogens with zero attached hydrogens (tertiary/aromatic N) is 1. The summed E-state index contributed by atoms with van der Waals surface area (Å²) < 4.78 is 0. The molecule has 2 rings (SSSR count). The number of benzene rings is 1. The molecule has 1 aromatic carbocycles. The predicted octanol–water partition coefficient (Wildman–Crippen LogP) is 3.04. The molecular weight excluding hydrogens is 232 g/mol. The van der Waals surface area contributed by atoms with Gasteiger partial charge in [-0.25, -0.2) is 0 Å². The number of likely N-dealkylation sites (tertiary alicyclic amines) is 1. The molecule has 1 N–H and O–H groups in total. The normalized spacial score (nSPS) is 24.9. The van der Waals surface area contributed by atoms with Gasteiger partial charge in [0.1, 0.15) is 0 Å². The van der Waals surface area contributed by atoms with Crippen molar-refractivity contribution in [2.45, 2.75) is 44.6 Å². The highest BCUT2D eigenvalue weighted by molar-refractivity contribution is 5.26. The lowest BCUT2D eigenvalue weighted by molar-refractivity contribution is 0.151. The maximum Gasteiger partial charge on any atom is 0.0347 e. The fourth-order valence-corrected chi connectivity index (χ4v) is 3.21. The van der Waals surface area contributed by atoms with Gasteiger partial charge in [0, 0.05) is 12.1 Å². The van der Waals surface area contributed by atoms with E-state index in [1.807, 2.05) is 0 Å². The lowest BCUT2D eigenvalue weighted by atomic mass is 9.83. The summed E-state index contributed by atoms with van der Waals surface area (Å²) in [5.74, 6) is 0.619. The van der Waals surface area contributed by atoms with Gasteiger partial charge >= 0.3 is 0 Å². The molecule has 1 aliphatic heterocycles. The zero-order valence-electron chi connectivity index (χ0n) is 12.9. The molecular formula is C17H28N2. The molecule has 0 spiro atoms. The van der Waals surface area contributed by atoms with Crippen molar-refractivity contribution >= 4 is 0 Å². The third-order valence-corrected chi connectivity index (χ3v) is 4.49. The van der Waals surface area contributed by atoms with Gasteiger partial charge in [-0.05, 0) is 56.9 Å². The van der Waals surface area contributed by atoms with Crippen LogP contribution >= 0.6 is 0 Å². The van der Waals surface area contributed by atoms with Gasteiger partial charge in [0.15, 0.2) is 0 Å². The van der Waals surface area contributed by atoms with Gasteiger partial charge in [-0.15, -0.1) is 0 Å². The van der Waals surface area contributed by atoms with Gasteiger partial charge in [-0.1, -0.05) is 38.1 Å². The van der Waals surface area contributed by atoms with Crippen molar-refractivity contribution in [2.24, 2.45) is 0 Å². The Bertz CT molecular complexity index is 396. The first-order valence-corrected chi connectivity index (χ1v) is 7.51. The Morgan fingerprint density at radius 2 is 1.95 bits per heavy atom. The van der Waals surface area contributed by atoms with Crippen molar-refractivity contribution in [3.05, 3.63) is 35.4 Å². The average Bonchev–Trinajstić information content (AvgIpc) is 2.39. The van der Waals surface area contributed by atoms with Crippen LogP contribution in [0, 0.1) is 0 Å². The summed E-state index contributed by atoms with van der Waals surface area (Å²) in [6, 6.07) is 9.19. The van der Waals surface area contributed by atoms with Gasteiger partial charge < -0.3 is 10.2 Å². The fraction of sp³-hybridized carbons (Fsp3) is 0.647. The minimum atomic E-state index is 0.256. The summed E-state index contributed by atoms with van der Waals surface area (Å²) >= 11 is 0. The highest BCUT2D eigenvalue weighted by atomic mass is 15.2. The Labute approximate surface area is 118 Å². The second-order valence-electron chi connectivity index (χ2n) is 6.44. The van der Waals surface area contributed by atoms with E-state index in [0.29, 0.717) is 5.92 Å². The third-order valence-electron chi connectivity index (χ3n) is 4.49. The van der Waals surface area contributed by atoms with Crippen LogP contribution in [0.3, 0.4) is 0 Å². The van der Waals surface area contributed by atoms with E-state index in [0.717, 1.165) is 13.0 Å². The second kappa shape index (κ2) is 6.06. The number of hydrogen-bond donors (Lipinski definition) is 1. The Hall–Kier alpha value is -0.860. The van der Waals surface area contributed by atoms with Crippen LogP contribution < -0.4 is 5.32 Å². The Balaban J connectivity index is 2.09. The van der Waals surface area contributed by atoms with Crippen LogP contribution in [0.1, 0.15) is 43.7 Å². The number of nitrogens with one attached hydrogen (secondary N) is 1. The maximum absolute atomic E-state index is 3.59. The number of rotatable bonds is 4. The summed E-state index contributed by atoms with van der Waals surface area (Å²) in [6.07, 6.45) is 3.70. The molecule has 1 fully saturated rings. The smallest absolute Gasteiger partial charge is 0.0347 e. The van der Waals surface area contributed by atoms with Crippen LogP contribution in [0.25, 0.3) is 0 Å². The van der Waals surface area contributed by atoms with E-state index in [4.69, 9.17) is 0 Å². The molecule has 0 aliphatic carbocycles. The molecule has 19 heavy (non-hydrogen) atoms. The third kappa shape index (κ3) is 3.58. The molecule has 1 atom stereocenters. The van der Waals surface area contributed by atoms with Crippen molar-refractivity contribution in [3.63, 3.8) is 0 Å². The predicted molar refractivity (Wildman–Crippen MR) is 82.8 cm³/mol. The average molecular weight is 260 g/mol. The quantitative estimate of drug-likeness (QED) is 0.895. The highest BCUT2D eigenvalue weighted by Gasteiger charge is 2.32. The van der Waals surface area contributed by atoms with E-state index < -0.39 is 0 Å². The van der Waals surface area contributed by atoms with Crippen LogP contribution in [0.5, 0.6) is 0 Å². The molecule has 0 aromatic heterocycles. The van der Waals surface area contributed by atoms with Crippen LogP contribution in [-0.2, 0) is 6.42 Å². The zero-order valence-corrected chi connectivity index (χ0v) is 12.9. The van der Waals surface area contributed by atoms with E-state index in [-0.39, 0.29) is 5.54 Å². The van der Waals surface area contributed by atoms with Gasteiger partial charge in [-0.2, -0.15) is 0 Å². The van der Waals surface area contributed by atoms with Gasteiger partial charge in [0.2, 0.25) is 0 Å². The molecule has 0 radical (unpaired) electrons. The summed E-state index contributed by atoms with van der Waals surface area (Å²) in [5.41, 5.74) is 3.14. The van der Waals surface area contributed by atoms with E-state index in [9.17, 15) is 0 Å². The van der Waals surface area contributed by atoms with Gasteiger partial charge in [-0.3, -0.25) is 0 Å². The maximum atomic E-state index is 3.59. The SMILES string of the molecule is CNC1(Cc2ccc(C(C)C)cc2)CCCN(C)C1. The summed E-state index contributed by atoms with van der Waals surface area (Å²) in [7, 11) is 4.34. The Morgan fingerprint density at radius 1 is 1.26 bits per heavy atom. The van der Waals surface area contributed by atoms with Crippen LogP contribution in [0.2, 0.25) is 0 Å². The standard InChI is InChI=1S/C17H28N2/c1-14(2)16-8-6-15(7-9-16)12-17(18-3)10-5-11-19(4)13-17/h6-9,14,18H,5,10-13H2,1-4H3. The minimum Gasteiger partial charge on any atom is -0.313 e. The van der Waals surface area contributed by atoms with E-state index in [1.54, 1.807) is 0 Å². The van der Waals surface area contributed by atoms with Crippen LogP contribution in [0.15, 0.2) is 24.3 Å². The molecule has 1 aromatic rings. The molecule has 1 heterocycles. The Kier molecular flexibility index (Phi) is 4.64. The first-order valence-electron chi connectivity index (χ1n) is 7.51. The molecule has 106 valence electrons. The summed E-state index contributed by atoms with van der Waals surface area (Å²) in [5, 5.41) is 3.59. The minimum absolute atomic E-state index is 0.256. The number of piperidine rings is 1. The number of hydrogen-bond acceptors (Lipinski definition) is 2. The van der Waals surface area contributed by atoms with Crippen molar-refractivity contribution < 1.29 is 0 Å². The topological polar surface area (TPSA) is 15.3 Å². The van der Waals surface area contributed by atoms with E-state index in [1.165, 1.54) is 30.5 Å². The van der Waals surface area contributed by atoms with Crippen molar-refractivity contribution in [3.8, 4) is 0 Å². The molecule has 2 heteroatoms. The number of likely N-dealkylation sites (N-methyl/N-ethyl adjacent to an activating group) is 2. The molecule has 0 amide bonds. The van der Waals surface area contributed by atoms with Crippen LogP contribution in [0.4, 0.5) is 0 Å². The van der Waals surface area contributed by atoms with Gasteiger partial charge in [0.25, 0.3) is 0 Å². The molecule has 0 bridgehead atoms. The van der Waals surface area contributed by atoms with Crippen molar-refractivity contribution in [2.75, 3.05) is 27.2 Å². The largest absolute Gasteiger partial charge is 0.313 e. The highest BCUT2D eigenvalue weighted by Crippen LogP contribution is 2.25. The van der Waals surface area contributed by atoms with E-state index in [2.05, 4.69) is 62.4 Å². The van der Waals surface area contributed by atoms with E-state index >= 15 is 0 Å². The second-order valence-corrected chi connectivity index (χ2v) is 6.44. The molecule has 0 saturated carbocycles. The van der Waals surface area contributed by atoms with Crippen LogP contribution in [-0.4, -0.2) is 37.6 Å². The fourth-order valence-electron chi connectivity index (χ4n) is 3.21. The lowest BCUT2D eigenvalue weighted by Crippen LogP contribution is -2.56. The van der Waals surface area contributed by atoms with Crippen molar-refractivity contribution in [1.29, 1.82) is 0 Å². The monoisotopic (exact) mass is 260 g/mol. The molecule has 1 aliphatic rings. The molecule has 1 saturated heterocycles. The summed E-state index contributed by atoms with van der Waals surface area (Å²) in [6.45, 7) is 6.88. The summed E-state index contributed by atoms with van der Waals surface area (Å²) in [4.78, 5) is 2.45. The zero-order chi connectivity index (χ0) is 13.9. The Morgan fingerprint density at radius 3 is 2.47 bits per heavy atom. The first-order chi connectivity index (χ1) is 9.04. The van der Waals surface area contributed by atoms with Crippen molar-refractivity contribution in [1.82, 2.24) is 10.2 Å². The van der Waals surface area contributed by atoms with Gasteiger partial charge in [0.05, 0.1) is 0 Å². The lowest BCUT2D eigenvalue weighted by Gasteiger charge is -2.41.